The van der Waals surface area contributed by atoms with E-state index in [1.165, 1.54) is 51.5 Å². The van der Waals surface area contributed by atoms with Gasteiger partial charge in [0.05, 0.1) is 17.2 Å². The summed E-state index contributed by atoms with van der Waals surface area (Å²) in [4.78, 5) is 23.8. The lowest BCUT2D eigenvalue weighted by atomic mass is 9.96. The van der Waals surface area contributed by atoms with Gasteiger partial charge in [0.15, 0.2) is 0 Å². The number of aromatic nitrogens is 3. The molecule has 3 heterocycles. The van der Waals surface area contributed by atoms with Gasteiger partial charge in [0.1, 0.15) is 0 Å². The zero-order valence-electron chi connectivity index (χ0n) is 14.2. The summed E-state index contributed by atoms with van der Waals surface area (Å²) in [5.74, 6) is 0. The lowest BCUT2D eigenvalue weighted by Gasteiger charge is -2.40. The fourth-order valence-electron chi connectivity index (χ4n) is 4.50. The van der Waals surface area contributed by atoms with Crippen LogP contribution in [0.25, 0.3) is 10.9 Å². The first-order valence-corrected chi connectivity index (χ1v) is 9.38. The van der Waals surface area contributed by atoms with Crippen molar-refractivity contribution in [3.63, 3.8) is 0 Å². The van der Waals surface area contributed by atoms with Crippen LogP contribution in [0.4, 0.5) is 0 Å². The third kappa shape index (κ3) is 3.09. The summed E-state index contributed by atoms with van der Waals surface area (Å²) >= 11 is 0. The number of hydrogen-bond donors (Lipinski definition) is 0. The highest BCUT2D eigenvalue weighted by atomic mass is 16.1. The largest absolute Gasteiger partial charge is 0.299 e. The number of rotatable bonds is 4. The maximum Gasteiger partial charge on any atom is 0.262 e. The van der Waals surface area contributed by atoms with Crippen molar-refractivity contribution in [1.82, 2.24) is 19.4 Å². The number of likely N-dealkylation sites (tertiary alicyclic amines) is 1. The minimum atomic E-state index is 0.0383. The monoisotopic (exact) mass is 326 g/mol. The summed E-state index contributed by atoms with van der Waals surface area (Å²) in [5.41, 5.74) is 0.771. The molecular formula is C19H26N4O. The molecule has 24 heavy (non-hydrogen) atoms. The minimum absolute atomic E-state index is 0.0383. The van der Waals surface area contributed by atoms with E-state index < -0.39 is 0 Å². The fourth-order valence-corrected chi connectivity index (χ4v) is 4.50. The molecule has 4 rings (SSSR count). The quantitative estimate of drug-likeness (QED) is 0.867. The highest BCUT2D eigenvalue weighted by Crippen LogP contribution is 2.30. The SMILES string of the molecule is O=c1c2cnccc2ncn1CC[C@H]1CCCCN1C1CCCC1. The van der Waals surface area contributed by atoms with Gasteiger partial charge in [-0.15, -0.1) is 0 Å². The van der Waals surface area contributed by atoms with E-state index in [2.05, 4.69) is 14.9 Å². The first-order valence-electron chi connectivity index (χ1n) is 9.38. The second kappa shape index (κ2) is 7.01. The van der Waals surface area contributed by atoms with Crippen molar-refractivity contribution < 1.29 is 0 Å². The van der Waals surface area contributed by atoms with E-state index in [1.807, 2.05) is 0 Å². The summed E-state index contributed by atoms with van der Waals surface area (Å²) in [6.45, 7) is 1.99. The molecule has 2 aliphatic rings. The second-order valence-electron chi connectivity index (χ2n) is 7.25. The molecule has 1 saturated heterocycles. The van der Waals surface area contributed by atoms with Crippen molar-refractivity contribution in [3.8, 4) is 0 Å². The van der Waals surface area contributed by atoms with Crippen molar-refractivity contribution in [1.29, 1.82) is 0 Å². The Morgan fingerprint density at radius 1 is 1.12 bits per heavy atom. The molecule has 1 atom stereocenters. The number of hydrogen-bond acceptors (Lipinski definition) is 4. The topological polar surface area (TPSA) is 51.0 Å². The Morgan fingerprint density at radius 3 is 2.83 bits per heavy atom. The highest BCUT2D eigenvalue weighted by molar-refractivity contribution is 5.75. The average molecular weight is 326 g/mol. The average Bonchev–Trinajstić information content (AvgIpc) is 3.16. The third-order valence-corrected chi connectivity index (χ3v) is 5.80. The molecule has 2 fully saturated rings. The van der Waals surface area contributed by atoms with Gasteiger partial charge in [-0.2, -0.15) is 0 Å². The van der Waals surface area contributed by atoms with Crippen LogP contribution in [0.5, 0.6) is 0 Å². The van der Waals surface area contributed by atoms with E-state index in [9.17, 15) is 4.79 Å². The molecule has 0 radical (unpaired) electrons. The molecule has 5 heteroatoms. The molecule has 0 unspecified atom stereocenters. The molecule has 0 spiro atoms. The van der Waals surface area contributed by atoms with Crippen LogP contribution >= 0.6 is 0 Å². The molecular weight excluding hydrogens is 300 g/mol. The predicted molar refractivity (Wildman–Crippen MR) is 95.0 cm³/mol. The van der Waals surface area contributed by atoms with Crippen LogP contribution in [0.2, 0.25) is 0 Å². The summed E-state index contributed by atoms with van der Waals surface area (Å²) in [6, 6.07) is 3.20. The van der Waals surface area contributed by atoms with E-state index in [0.29, 0.717) is 11.4 Å². The Balaban J connectivity index is 1.49. The molecule has 1 aliphatic heterocycles. The van der Waals surface area contributed by atoms with Gasteiger partial charge >= 0.3 is 0 Å². The number of fused-ring (bicyclic) bond motifs is 1. The standard InChI is InChI=1S/C19H26N4O/c24-19-17-13-20-10-8-18(17)21-14-22(19)12-9-16-7-3-4-11-23(16)15-5-1-2-6-15/h8,10,13-16H,1-7,9,11-12H2/t16-/m1/s1. The zero-order chi connectivity index (χ0) is 16.4. The van der Waals surface area contributed by atoms with Gasteiger partial charge in [-0.3, -0.25) is 19.2 Å². The van der Waals surface area contributed by atoms with Crippen LogP contribution in [-0.4, -0.2) is 38.1 Å². The zero-order valence-corrected chi connectivity index (χ0v) is 14.2. The second-order valence-corrected chi connectivity index (χ2v) is 7.25. The van der Waals surface area contributed by atoms with Crippen molar-refractivity contribution in [2.24, 2.45) is 0 Å². The fraction of sp³-hybridized carbons (Fsp3) is 0.632. The smallest absolute Gasteiger partial charge is 0.262 e. The van der Waals surface area contributed by atoms with E-state index in [0.717, 1.165) is 24.5 Å². The molecule has 0 bridgehead atoms. The molecule has 5 nitrogen and oxygen atoms in total. The molecule has 1 saturated carbocycles. The molecule has 1 aliphatic carbocycles. The van der Waals surface area contributed by atoms with Gasteiger partial charge in [-0.05, 0) is 44.7 Å². The third-order valence-electron chi connectivity index (χ3n) is 5.80. The summed E-state index contributed by atoms with van der Waals surface area (Å²) in [6.07, 6.45) is 15.5. The van der Waals surface area contributed by atoms with E-state index in [4.69, 9.17) is 0 Å². The number of aryl methyl sites for hydroxylation is 1. The Hall–Kier alpha value is -1.75. The number of piperidine rings is 1. The van der Waals surface area contributed by atoms with E-state index in [-0.39, 0.29) is 5.56 Å². The Bertz CT molecular complexity index is 750. The van der Waals surface area contributed by atoms with E-state index in [1.54, 1.807) is 29.4 Å². The van der Waals surface area contributed by atoms with Crippen LogP contribution in [0.15, 0.2) is 29.6 Å². The Labute approximate surface area is 142 Å². The van der Waals surface area contributed by atoms with Crippen LogP contribution < -0.4 is 5.56 Å². The van der Waals surface area contributed by atoms with Crippen molar-refractivity contribution in [2.75, 3.05) is 6.54 Å². The van der Waals surface area contributed by atoms with Gasteiger partial charge in [0, 0.05) is 31.0 Å². The van der Waals surface area contributed by atoms with Crippen molar-refractivity contribution >= 4 is 10.9 Å². The Morgan fingerprint density at radius 2 is 1.96 bits per heavy atom. The van der Waals surface area contributed by atoms with Gasteiger partial charge in [-0.25, -0.2) is 4.98 Å². The number of pyridine rings is 1. The number of nitrogens with zero attached hydrogens (tertiary/aromatic N) is 4. The molecule has 2 aromatic heterocycles. The molecule has 128 valence electrons. The molecule has 0 aromatic carbocycles. The van der Waals surface area contributed by atoms with Crippen molar-refractivity contribution in [2.45, 2.75) is 70.0 Å². The predicted octanol–water partition coefficient (Wildman–Crippen LogP) is 2.98. The van der Waals surface area contributed by atoms with Gasteiger partial charge < -0.3 is 0 Å². The normalized spacial score (nSPS) is 23.1. The first kappa shape index (κ1) is 15.8. The lowest BCUT2D eigenvalue weighted by Crippen LogP contribution is -2.45. The van der Waals surface area contributed by atoms with Gasteiger partial charge in [0.2, 0.25) is 0 Å². The lowest BCUT2D eigenvalue weighted by molar-refractivity contribution is 0.0880. The van der Waals surface area contributed by atoms with Crippen LogP contribution in [0.1, 0.15) is 51.4 Å². The summed E-state index contributed by atoms with van der Waals surface area (Å²) < 4.78 is 1.77. The maximum absolute atomic E-state index is 12.6. The summed E-state index contributed by atoms with van der Waals surface area (Å²) in [5, 5.41) is 0.622. The summed E-state index contributed by atoms with van der Waals surface area (Å²) in [7, 11) is 0. The van der Waals surface area contributed by atoms with Crippen molar-refractivity contribution in [3.05, 3.63) is 35.1 Å². The van der Waals surface area contributed by atoms with E-state index >= 15 is 0 Å². The molecule has 0 N–H and O–H groups in total. The molecule has 0 amide bonds. The van der Waals surface area contributed by atoms with Crippen LogP contribution in [0.3, 0.4) is 0 Å². The minimum Gasteiger partial charge on any atom is -0.299 e. The first-order chi connectivity index (χ1) is 11.8. The van der Waals surface area contributed by atoms with Gasteiger partial charge in [-0.1, -0.05) is 19.3 Å². The maximum atomic E-state index is 12.6. The van der Waals surface area contributed by atoms with Crippen LogP contribution in [0, 0.1) is 0 Å². The Kier molecular flexibility index (Phi) is 4.60. The van der Waals surface area contributed by atoms with Crippen LogP contribution in [-0.2, 0) is 6.54 Å². The molecule has 2 aromatic rings. The highest BCUT2D eigenvalue weighted by Gasteiger charge is 2.30. The van der Waals surface area contributed by atoms with Gasteiger partial charge in [0.25, 0.3) is 5.56 Å².